The van der Waals surface area contributed by atoms with Crippen molar-refractivity contribution in [1.29, 1.82) is 0 Å². The lowest BCUT2D eigenvalue weighted by atomic mass is 9.91. The molecule has 0 radical (unpaired) electrons. The molecule has 0 aromatic heterocycles. The first-order valence-electron chi connectivity index (χ1n) is 7.17. The van der Waals surface area contributed by atoms with Gasteiger partial charge in [0.15, 0.2) is 11.5 Å². The monoisotopic (exact) mass is 324 g/mol. The van der Waals surface area contributed by atoms with Crippen LogP contribution in [0, 0.1) is 0 Å². The lowest BCUT2D eigenvalue weighted by Crippen LogP contribution is -2.29. The van der Waals surface area contributed by atoms with Crippen molar-refractivity contribution in [1.82, 2.24) is 0 Å². The molecule has 1 rings (SSSR count). The first-order valence-corrected chi connectivity index (χ1v) is 7.17. The largest absolute Gasteiger partial charge is 0.493 e. The summed E-state index contributed by atoms with van der Waals surface area (Å²) in [5, 5.41) is 0. The fourth-order valence-corrected chi connectivity index (χ4v) is 2.14. The quantitative estimate of drug-likeness (QED) is 0.591. The molecule has 1 aromatic carbocycles. The Morgan fingerprint density at radius 1 is 1.04 bits per heavy atom. The van der Waals surface area contributed by atoms with Gasteiger partial charge in [0.25, 0.3) is 6.47 Å². The van der Waals surface area contributed by atoms with Gasteiger partial charge in [-0.1, -0.05) is 6.07 Å². The second-order valence-corrected chi connectivity index (χ2v) is 6.45. The number of carbonyl (C=O) groups excluding carboxylic acids is 2. The number of ether oxygens (including phenoxy) is 4. The molecule has 0 aliphatic rings. The van der Waals surface area contributed by atoms with Crippen molar-refractivity contribution in [2.75, 3.05) is 14.2 Å². The molecule has 0 aliphatic heterocycles. The van der Waals surface area contributed by atoms with Gasteiger partial charge in [-0.3, -0.25) is 4.79 Å². The molecule has 6 nitrogen and oxygen atoms in total. The molecule has 0 heterocycles. The highest BCUT2D eigenvalue weighted by molar-refractivity contribution is 5.96. The minimum absolute atomic E-state index is 0.175. The number of esters is 1. The molecule has 0 spiro atoms. The number of methoxy groups -OCH3 is 2. The number of hydrogen-bond donors (Lipinski definition) is 0. The van der Waals surface area contributed by atoms with Gasteiger partial charge in [-0.25, -0.2) is 4.79 Å². The molecule has 0 aliphatic carbocycles. The molecule has 23 heavy (non-hydrogen) atoms. The molecule has 0 saturated heterocycles. The molecule has 0 atom stereocenters. The minimum Gasteiger partial charge on any atom is -0.493 e. The molecular formula is C17H24O6. The third-order valence-electron chi connectivity index (χ3n) is 3.14. The molecule has 128 valence electrons. The zero-order chi connectivity index (χ0) is 17.8. The van der Waals surface area contributed by atoms with Gasteiger partial charge in [0.05, 0.1) is 14.2 Å². The van der Waals surface area contributed by atoms with Crippen LogP contribution in [0.2, 0.25) is 0 Å². The second kappa shape index (κ2) is 6.89. The highest BCUT2D eigenvalue weighted by Crippen LogP contribution is 2.39. The predicted molar refractivity (Wildman–Crippen MR) is 84.9 cm³/mol. The molecule has 0 unspecified atom stereocenters. The van der Waals surface area contributed by atoms with E-state index in [1.807, 2.05) is 0 Å². The Balaban J connectivity index is 3.59. The van der Waals surface area contributed by atoms with Crippen LogP contribution in [0.4, 0.5) is 0 Å². The van der Waals surface area contributed by atoms with Crippen molar-refractivity contribution < 1.29 is 28.5 Å². The van der Waals surface area contributed by atoms with Gasteiger partial charge in [0.2, 0.25) is 0 Å². The first kappa shape index (κ1) is 18.8. The zero-order valence-corrected chi connectivity index (χ0v) is 14.7. The van der Waals surface area contributed by atoms with E-state index in [0.29, 0.717) is 17.8 Å². The van der Waals surface area contributed by atoms with Crippen molar-refractivity contribution in [3.05, 3.63) is 23.3 Å². The molecular weight excluding hydrogens is 300 g/mol. The van der Waals surface area contributed by atoms with E-state index >= 15 is 0 Å². The van der Waals surface area contributed by atoms with Crippen LogP contribution in [0.15, 0.2) is 12.1 Å². The lowest BCUT2D eigenvalue weighted by molar-refractivity contribution is -0.141. The van der Waals surface area contributed by atoms with Gasteiger partial charge in [0, 0.05) is 5.56 Å². The van der Waals surface area contributed by atoms with Gasteiger partial charge in [-0.15, -0.1) is 0 Å². The van der Waals surface area contributed by atoms with Crippen molar-refractivity contribution in [2.24, 2.45) is 0 Å². The molecule has 0 bridgehead atoms. The zero-order valence-electron chi connectivity index (χ0n) is 14.7. The average molecular weight is 324 g/mol. The Labute approximate surface area is 136 Å². The van der Waals surface area contributed by atoms with Crippen LogP contribution in [-0.2, 0) is 19.9 Å². The van der Waals surface area contributed by atoms with E-state index in [9.17, 15) is 9.59 Å². The van der Waals surface area contributed by atoms with E-state index in [1.54, 1.807) is 46.8 Å². The van der Waals surface area contributed by atoms with Gasteiger partial charge < -0.3 is 18.9 Å². The molecule has 0 N–H and O–H groups in total. The predicted octanol–water partition coefficient (Wildman–Crippen LogP) is 3.07. The normalized spacial score (nSPS) is 11.6. The van der Waals surface area contributed by atoms with Crippen molar-refractivity contribution in [3.63, 3.8) is 0 Å². The summed E-state index contributed by atoms with van der Waals surface area (Å²) in [5.74, 6) is 0.0478. The van der Waals surface area contributed by atoms with Crippen LogP contribution in [-0.4, -0.2) is 32.3 Å². The average Bonchev–Trinajstić information content (AvgIpc) is 2.43. The maximum absolute atomic E-state index is 12.7. The van der Waals surface area contributed by atoms with Crippen molar-refractivity contribution in [2.45, 2.75) is 45.8 Å². The van der Waals surface area contributed by atoms with Crippen molar-refractivity contribution >= 4 is 12.4 Å². The Morgan fingerprint density at radius 3 is 2.09 bits per heavy atom. The van der Waals surface area contributed by atoms with Crippen LogP contribution < -0.4 is 9.47 Å². The summed E-state index contributed by atoms with van der Waals surface area (Å²) >= 11 is 0. The molecule has 0 amide bonds. The van der Waals surface area contributed by atoms with Gasteiger partial charge in [-0.05, 0) is 40.7 Å². The summed E-state index contributed by atoms with van der Waals surface area (Å²) in [6, 6.07) is 3.31. The minimum atomic E-state index is -1.03. The fraction of sp³-hybridized carbons (Fsp3) is 0.529. The standard InChI is InChI=1S/C17H24O6/c1-16(2,3)23-15(19)13-11(17(4,5)22-10-18)8-9-12(20-6)14(13)21-7/h8-10H,1-7H3. The van der Waals surface area contributed by atoms with Crippen LogP contribution in [0.5, 0.6) is 11.5 Å². The van der Waals surface area contributed by atoms with E-state index in [2.05, 4.69) is 0 Å². The maximum atomic E-state index is 12.7. The smallest absolute Gasteiger partial charge is 0.343 e. The van der Waals surface area contributed by atoms with E-state index in [0.717, 1.165) is 0 Å². The van der Waals surface area contributed by atoms with Gasteiger partial charge in [0.1, 0.15) is 16.8 Å². The highest BCUT2D eigenvalue weighted by Gasteiger charge is 2.34. The number of carbonyl (C=O) groups is 2. The Morgan fingerprint density at radius 2 is 1.65 bits per heavy atom. The highest BCUT2D eigenvalue weighted by atomic mass is 16.6. The molecule has 6 heteroatoms. The molecule has 0 saturated carbocycles. The summed E-state index contributed by atoms with van der Waals surface area (Å²) < 4.78 is 21.2. The van der Waals surface area contributed by atoms with E-state index in [-0.39, 0.29) is 11.3 Å². The second-order valence-electron chi connectivity index (χ2n) is 6.45. The topological polar surface area (TPSA) is 71.1 Å². The number of rotatable bonds is 6. The summed E-state index contributed by atoms with van der Waals surface area (Å²) in [6.45, 7) is 9.00. The number of benzene rings is 1. The summed E-state index contributed by atoms with van der Waals surface area (Å²) in [5.41, 5.74) is -1.07. The van der Waals surface area contributed by atoms with E-state index < -0.39 is 17.2 Å². The van der Waals surface area contributed by atoms with E-state index in [4.69, 9.17) is 18.9 Å². The summed E-state index contributed by atoms with van der Waals surface area (Å²) in [6.07, 6.45) is 0. The maximum Gasteiger partial charge on any atom is 0.343 e. The Kier molecular flexibility index (Phi) is 5.64. The summed E-state index contributed by atoms with van der Waals surface area (Å²) in [7, 11) is 2.91. The third kappa shape index (κ3) is 4.37. The summed E-state index contributed by atoms with van der Waals surface area (Å²) in [4.78, 5) is 23.5. The first-order chi connectivity index (χ1) is 10.6. The number of hydrogen-bond acceptors (Lipinski definition) is 6. The fourth-order valence-electron chi connectivity index (χ4n) is 2.14. The molecule has 0 fully saturated rings. The van der Waals surface area contributed by atoms with Crippen LogP contribution in [0.1, 0.15) is 50.5 Å². The van der Waals surface area contributed by atoms with Crippen molar-refractivity contribution in [3.8, 4) is 11.5 Å². The SMILES string of the molecule is COc1ccc(C(C)(C)OC=O)c(C(=O)OC(C)(C)C)c1OC. The molecule has 1 aromatic rings. The van der Waals surface area contributed by atoms with Gasteiger partial charge in [-0.2, -0.15) is 0 Å². The van der Waals surface area contributed by atoms with Crippen LogP contribution >= 0.6 is 0 Å². The Hall–Kier alpha value is -2.24. The Bertz CT molecular complexity index is 583. The van der Waals surface area contributed by atoms with E-state index in [1.165, 1.54) is 14.2 Å². The van der Waals surface area contributed by atoms with Gasteiger partial charge >= 0.3 is 5.97 Å². The third-order valence-corrected chi connectivity index (χ3v) is 3.14. The van der Waals surface area contributed by atoms with Crippen LogP contribution in [0.3, 0.4) is 0 Å². The lowest BCUT2D eigenvalue weighted by Gasteiger charge is -2.28. The van der Waals surface area contributed by atoms with Crippen LogP contribution in [0.25, 0.3) is 0 Å².